The fourth-order valence-electron chi connectivity index (χ4n) is 3.75. The van der Waals surface area contributed by atoms with Crippen molar-refractivity contribution in [3.63, 3.8) is 0 Å². The number of carbonyl (C=O) groups is 2. The van der Waals surface area contributed by atoms with Crippen molar-refractivity contribution < 1.29 is 9.59 Å². The fourth-order valence-corrected chi connectivity index (χ4v) is 3.75. The highest BCUT2D eigenvalue weighted by molar-refractivity contribution is 5.96. The summed E-state index contributed by atoms with van der Waals surface area (Å²) in [6.45, 7) is 9.65. The number of carbonyl (C=O) groups excluding carboxylic acids is 2. The van der Waals surface area contributed by atoms with Crippen LogP contribution in [0.1, 0.15) is 59.2 Å². The summed E-state index contributed by atoms with van der Waals surface area (Å²) in [5, 5.41) is 8.52. The Balaban J connectivity index is 1.69. The van der Waals surface area contributed by atoms with E-state index < -0.39 is 0 Å². The summed E-state index contributed by atoms with van der Waals surface area (Å²) in [5.41, 5.74) is 5.27. The Hall–Kier alpha value is -3.02. The molecule has 0 aliphatic heterocycles. The first-order valence-corrected chi connectivity index (χ1v) is 9.46. The van der Waals surface area contributed by atoms with E-state index in [2.05, 4.69) is 15.4 Å². The van der Waals surface area contributed by atoms with Gasteiger partial charge in [-0.15, -0.1) is 0 Å². The van der Waals surface area contributed by atoms with Crippen LogP contribution < -0.4 is 5.32 Å². The monoisotopic (exact) mass is 378 g/mol. The summed E-state index contributed by atoms with van der Waals surface area (Å²) in [6.07, 6.45) is 2.07. The van der Waals surface area contributed by atoms with Gasteiger partial charge in [0.2, 0.25) is 5.91 Å². The normalized spacial score (nSPS) is 12.2. The molecule has 0 fully saturated rings. The Bertz CT molecular complexity index is 1050. The van der Waals surface area contributed by atoms with Gasteiger partial charge in [0.05, 0.1) is 22.8 Å². The maximum Gasteiger partial charge on any atom is 0.222 e. The molecular formula is C22H26N4O2. The van der Waals surface area contributed by atoms with Gasteiger partial charge in [0.15, 0.2) is 5.78 Å². The number of benzene rings is 1. The van der Waals surface area contributed by atoms with Crippen LogP contribution >= 0.6 is 0 Å². The highest BCUT2D eigenvalue weighted by Gasteiger charge is 2.20. The van der Waals surface area contributed by atoms with Gasteiger partial charge in [-0.3, -0.25) is 19.3 Å². The Morgan fingerprint density at radius 2 is 1.93 bits per heavy atom. The van der Waals surface area contributed by atoms with E-state index in [4.69, 9.17) is 0 Å². The van der Waals surface area contributed by atoms with Crippen LogP contribution in [-0.2, 0) is 11.3 Å². The summed E-state index contributed by atoms with van der Waals surface area (Å²) >= 11 is 0. The second-order valence-electron chi connectivity index (χ2n) is 7.32. The second-order valence-corrected chi connectivity index (χ2v) is 7.32. The van der Waals surface area contributed by atoms with Gasteiger partial charge in [-0.25, -0.2) is 0 Å². The number of aromatic nitrogens is 3. The highest BCUT2D eigenvalue weighted by atomic mass is 16.1. The maximum atomic E-state index is 12.5. The van der Waals surface area contributed by atoms with Crippen LogP contribution in [0.4, 0.5) is 0 Å². The third-order valence-electron chi connectivity index (χ3n) is 5.11. The Morgan fingerprint density at radius 1 is 1.18 bits per heavy atom. The van der Waals surface area contributed by atoms with Crippen LogP contribution in [0.15, 0.2) is 30.5 Å². The van der Waals surface area contributed by atoms with Crippen molar-refractivity contribution in [1.29, 1.82) is 0 Å². The molecule has 1 amide bonds. The fraction of sp³-hybridized carbons (Fsp3) is 0.364. The number of fused-ring (bicyclic) bond motifs is 1. The molecule has 0 aliphatic rings. The molecule has 0 saturated carbocycles. The number of hydrogen-bond donors (Lipinski definition) is 1. The van der Waals surface area contributed by atoms with Gasteiger partial charge in [-0.05, 0) is 51.8 Å². The molecule has 2 heterocycles. The summed E-state index contributed by atoms with van der Waals surface area (Å²) in [6, 6.07) is 7.86. The van der Waals surface area contributed by atoms with Crippen molar-refractivity contribution in [2.45, 2.75) is 53.6 Å². The van der Waals surface area contributed by atoms with Crippen molar-refractivity contribution in [2.75, 3.05) is 0 Å². The molecule has 1 aromatic carbocycles. The topological polar surface area (TPSA) is 76.9 Å². The number of hydrogen-bond acceptors (Lipinski definition) is 4. The molecule has 0 bridgehead atoms. The molecule has 0 saturated heterocycles. The molecule has 0 radical (unpaired) electrons. The molecule has 6 nitrogen and oxygen atoms in total. The number of rotatable bonds is 6. The summed E-state index contributed by atoms with van der Waals surface area (Å²) in [4.78, 5) is 28.7. The average Bonchev–Trinajstić information content (AvgIpc) is 2.96. The Morgan fingerprint density at radius 3 is 2.61 bits per heavy atom. The van der Waals surface area contributed by atoms with Gasteiger partial charge in [0, 0.05) is 30.2 Å². The largest absolute Gasteiger partial charge is 0.352 e. The first-order valence-electron chi connectivity index (χ1n) is 9.46. The second kappa shape index (κ2) is 7.92. The van der Waals surface area contributed by atoms with E-state index in [-0.39, 0.29) is 17.7 Å². The summed E-state index contributed by atoms with van der Waals surface area (Å²) in [5.74, 6) is -0.0557. The SMILES string of the molecule is CC(=O)c1c(C)nn([C@@H](C)CC(=O)NCc2ccc(C)c3ncccc23)c1C. The van der Waals surface area contributed by atoms with Crippen LogP contribution in [0.25, 0.3) is 10.9 Å². The van der Waals surface area contributed by atoms with E-state index in [0.717, 1.165) is 27.7 Å². The van der Waals surface area contributed by atoms with Crippen LogP contribution in [0, 0.1) is 20.8 Å². The molecule has 6 heteroatoms. The van der Waals surface area contributed by atoms with E-state index in [1.807, 2.05) is 52.0 Å². The molecule has 2 aromatic heterocycles. The number of ketones is 1. The molecular weight excluding hydrogens is 352 g/mol. The van der Waals surface area contributed by atoms with Crippen LogP contribution in [0.5, 0.6) is 0 Å². The molecule has 28 heavy (non-hydrogen) atoms. The van der Waals surface area contributed by atoms with Gasteiger partial charge in [-0.2, -0.15) is 5.10 Å². The molecule has 3 rings (SSSR count). The lowest BCUT2D eigenvalue weighted by Crippen LogP contribution is -2.26. The zero-order valence-electron chi connectivity index (χ0n) is 17.0. The minimum absolute atomic E-state index is 0.00207. The lowest BCUT2D eigenvalue weighted by Gasteiger charge is -2.15. The number of Topliss-reactive ketones (excluding diaryl/α,β-unsaturated/α-hetero) is 1. The molecule has 0 aliphatic carbocycles. The molecule has 146 valence electrons. The standard InChI is InChI=1S/C22H26N4O2/c1-13-8-9-18(19-7-6-10-23-22(13)19)12-24-20(28)11-14(2)26-16(4)21(17(5)27)15(3)25-26/h6-10,14H,11-12H2,1-5H3,(H,24,28)/t14-/m0/s1. The quantitative estimate of drug-likeness (QED) is 0.662. The van der Waals surface area contributed by atoms with Crippen molar-refractivity contribution in [3.05, 3.63) is 58.5 Å². The molecule has 3 aromatic rings. The summed E-state index contributed by atoms with van der Waals surface area (Å²) < 4.78 is 1.77. The summed E-state index contributed by atoms with van der Waals surface area (Å²) in [7, 11) is 0. The average molecular weight is 378 g/mol. The van der Waals surface area contributed by atoms with Gasteiger partial charge < -0.3 is 5.32 Å². The van der Waals surface area contributed by atoms with Gasteiger partial charge >= 0.3 is 0 Å². The molecule has 1 N–H and O–H groups in total. The minimum Gasteiger partial charge on any atom is -0.352 e. The first kappa shape index (κ1) is 19.7. The number of nitrogens with zero attached hydrogens (tertiary/aromatic N) is 3. The zero-order chi connectivity index (χ0) is 20.4. The van der Waals surface area contributed by atoms with Gasteiger partial charge in [0.1, 0.15) is 0 Å². The molecule has 0 spiro atoms. The third kappa shape index (κ3) is 3.81. The number of nitrogens with one attached hydrogen (secondary N) is 1. The van der Waals surface area contributed by atoms with E-state index in [1.165, 1.54) is 0 Å². The van der Waals surface area contributed by atoms with Crippen LogP contribution in [0.2, 0.25) is 0 Å². The van der Waals surface area contributed by atoms with Crippen molar-refractivity contribution >= 4 is 22.6 Å². The zero-order valence-corrected chi connectivity index (χ0v) is 17.0. The van der Waals surface area contributed by atoms with Crippen LogP contribution in [-0.4, -0.2) is 26.5 Å². The van der Waals surface area contributed by atoms with Gasteiger partial charge in [-0.1, -0.05) is 18.2 Å². The maximum absolute atomic E-state index is 12.5. The van der Waals surface area contributed by atoms with Crippen molar-refractivity contribution in [1.82, 2.24) is 20.1 Å². The number of amides is 1. The number of aryl methyl sites for hydroxylation is 2. The van der Waals surface area contributed by atoms with E-state index >= 15 is 0 Å². The van der Waals surface area contributed by atoms with E-state index in [0.29, 0.717) is 24.2 Å². The van der Waals surface area contributed by atoms with Crippen LogP contribution in [0.3, 0.4) is 0 Å². The lowest BCUT2D eigenvalue weighted by molar-refractivity contribution is -0.122. The lowest BCUT2D eigenvalue weighted by atomic mass is 10.0. The smallest absolute Gasteiger partial charge is 0.222 e. The number of pyridine rings is 1. The molecule has 1 atom stereocenters. The predicted octanol–water partition coefficient (Wildman–Crippen LogP) is 3.83. The first-order chi connectivity index (χ1) is 13.3. The molecule has 0 unspecified atom stereocenters. The minimum atomic E-state index is -0.136. The van der Waals surface area contributed by atoms with E-state index in [1.54, 1.807) is 17.8 Å². The van der Waals surface area contributed by atoms with E-state index in [9.17, 15) is 9.59 Å². The van der Waals surface area contributed by atoms with Crippen molar-refractivity contribution in [3.8, 4) is 0 Å². The predicted molar refractivity (Wildman–Crippen MR) is 109 cm³/mol. The third-order valence-corrected chi connectivity index (χ3v) is 5.11. The Labute approximate surface area is 165 Å². The van der Waals surface area contributed by atoms with Gasteiger partial charge in [0.25, 0.3) is 0 Å². The van der Waals surface area contributed by atoms with Crippen molar-refractivity contribution in [2.24, 2.45) is 0 Å². The highest BCUT2D eigenvalue weighted by Crippen LogP contribution is 2.21. The Kier molecular flexibility index (Phi) is 5.58.